The van der Waals surface area contributed by atoms with Crippen LogP contribution in [-0.4, -0.2) is 33.8 Å². The molecule has 0 saturated heterocycles. The quantitative estimate of drug-likeness (QED) is 0.809. The van der Waals surface area contributed by atoms with E-state index in [4.69, 9.17) is 4.74 Å². The monoisotopic (exact) mass is 340 g/mol. The van der Waals surface area contributed by atoms with E-state index in [9.17, 15) is 8.42 Å². The number of aromatic nitrogens is 1. The van der Waals surface area contributed by atoms with Crippen LogP contribution in [0.4, 0.5) is 5.69 Å². The number of benzene rings is 1. The van der Waals surface area contributed by atoms with E-state index >= 15 is 0 Å². The minimum Gasteiger partial charge on any atom is -0.375 e. The van der Waals surface area contributed by atoms with Gasteiger partial charge in [0, 0.05) is 31.5 Å². The first-order valence-corrected chi connectivity index (χ1v) is 9.56. The Bertz CT molecular complexity index is 724. The third-order valence-electron chi connectivity index (χ3n) is 3.38. The van der Waals surface area contributed by atoms with Crippen LogP contribution in [0.25, 0.3) is 0 Å². The highest BCUT2D eigenvalue weighted by molar-refractivity contribution is 7.90. The predicted octanol–water partition coefficient (Wildman–Crippen LogP) is 2.89. The second-order valence-electron chi connectivity index (χ2n) is 5.18. The minimum atomic E-state index is -3.16. The van der Waals surface area contributed by atoms with Crippen LogP contribution in [0.5, 0.6) is 0 Å². The normalized spacial score (nSPS) is 13.1. The van der Waals surface area contributed by atoms with E-state index in [2.05, 4.69) is 4.98 Å². The summed E-state index contributed by atoms with van der Waals surface area (Å²) in [7, 11) is 0.464. The number of anilines is 1. The molecule has 2 aromatic rings. The second kappa shape index (κ2) is 6.76. The predicted molar refractivity (Wildman–Crippen MR) is 89.2 cm³/mol. The highest BCUT2D eigenvalue weighted by Gasteiger charge is 2.12. The molecule has 120 valence electrons. The summed E-state index contributed by atoms with van der Waals surface area (Å²) in [5.74, 6) is 0. The fourth-order valence-corrected chi connectivity index (χ4v) is 3.44. The Hall–Kier alpha value is -1.44. The van der Waals surface area contributed by atoms with Crippen LogP contribution in [-0.2, 0) is 21.1 Å². The van der Waals surface area contributed by atoms with Gasteiger partial charge in [0.15, 0.2) is 9.84 Å². The molecule has 0 aliphatic carbocycles. The standard InChI is InChI=1S/C15H20N2O3S2/c1-11(20-3)15-16-12(10-21-15)9-17(2)13-5-7-14(8-6-13)22(4,18)19/h5-8,10-11H,9H2,1-4H3/t11-/m1/s1. The van der Waals surface area contributed by atoms with Gasteiger partial charge < -0.3 is 9.64 Å². The van der Waals surface area contributed by atoms with E-state index in [1.54, 1.807) is 42.7 Å². The Labute approximate surface area is 135 Å². The van der Waals surface area contributed by atoms with E-state index in [1.165, 1.54) is 6.26 Å². The van der Waals surface area contributed by atoms with Crippen molar-refractivity contribution in [3.63, 3.8) is 0 Å². The van der Waals surface area contributed by atoms with Gasteiger partial charge in [-0.15, -0.1) is 11.3 Å². The van der Waals surface area contributed by atoms with Crippen LogP contribution in [0, 0.1) is 0 Å². The lowest BCUT2D eigenvalue weighted by molar-refractivity contribution is 0.119. The molecule has 2 rings (SSSR count). The van der Waals surface area contributed by atoms with Crippen LogP contribution in [0.1, 0.15) is 23.7 Å². The van der Waals surface area contributed by atoms with Gasteiger partial charge in [0.1, 0.15) is 11.1 Å². The lowest BCUT2D eigenvalue weighted by Gasteiger charge is -2.18. The number of hydrogen-bond acceptors (Lipinski definition) is 6. The van der Waals surface area contributed by atoms with Crippen molar-refractivity contribution in [3.05, 3.63) is 40.3 Å². The molecule has 0 aliphatic rings. The number of thiazole rings is 1. The average Bonchev–Trinajstić information content (AvgIpc) is 2.94. The van der Waals surface area contributed by atoms with Crippen LogP contribution in [0.2, 0.25) is 0 Å². The summed E-state index contributed by atoms with van der Waals surface area (Å²) >= 11 is 1.58. The van der Waals surface area contributed by atoms with Gasteiger partial charge in [-0.3, -0.25) is 0 Å². The van der Waals surface area contributed by atoms with Crippen LogP contribution < -0.4 is 4.90 Å². The molecule has 1 atom stereocenters. The van der Waals surface area contributed by atoms with Crippen LogP contribution in [0.3, 0.4) is 0 Å². The topological polar surface area (TPSA) is 59.5 Å². The van der Waals surface area contributed by atoms with Crippen molar-refractivity contribution in [1.82, 2.24) is 4.98 Å². The molecule has 0 spiro atoms. The SMILES string of the molecule is CO[C@H](C)c1nc(CN(C)c2ccc(S(C)(=O)=O)cc2)cs1. The van der Waals surface area contributed by atoms with Crippen LogP contribution in [0.15, 0.2) is 34.5 Å². The van der Waals surface area contributed by atoms with Crippen LogP contribution >= 0.6 is 11.3 Å². The number of rotatable bonds is 6. The molecule has 0 saturated carbocycles. The molecule has 5 nitrogen and oxygen atoms in total. The summed E-state index contributed by atoms with van der Waals surface area (Å²) in [6.07, 6.45) is 1.21. The Morgan fingerprint density at radius 1 is 1.32 bits per heavy atom. The molecule has 0 N–H and O–H groups in total. The molecule has 0 aliphatic heterocycles. The van der Waals surface area contributed by atoms with E-state index < -0.39 is 9.84 Å². The number of methoxy groups -OCH3 is 1. The Balaban J connectivity index is 2.09. The zero-order chi connectivity index (χ0) is 16.3. The third-order valence-corrected chi connectivity index (χ3v) is 5.56. The lowest BCUT2D eigenvalue weighted by atomic mass is 10.3. The molecule has 0 radical (unpaired) electrons. The van der Waals surface area contributed by atoms with Crippen molar-refractivity contribution in [2.24, 2.45) is 0 Å². The molecule has 0 unspecified atom stereocenters. The van der Waals surface area contributed by atoms with E-state index in [0.717, 1.165) is 16.4 Å². The van der Waals surface area contributed by atoms with Crippen molar-refractivity contribution < 1.29 is 13.2 Å². The summed E-state index contributed by atoms with van der Waals surface area (Å²) in [6, 6.07) is 6.87. The molecule has 1 aromatic heterocycles. The van der Waals surface area contributed by atoms with Gasteiger partial charge in [-0.25, -0.2) is 13.4 Å². The zero-order valence-electron chi connectivity index (χ0n) is 13.1. The van der Waals surface area contributed by atoms with E-state index in [-0.39, 0.29) is 6.10 Å². The van der Waals surface area contributed by atoms with Gasteiger partial charge in [-0.2, -0.15) is 0 Å². The summed E-state index contributed by atoms with van der Waals surface area (Å²) in [4.78, 5) is 6.92. The molecular formula is C15H20N2O3S2. The smallest absolute Gasteiger partial charge is 0.175 e. The molecule has 0 bridgehead atoms. The number of nitrogens with zero attached hydrogens (tertiary/aromatic N) is 2. The van der Waals surface area contributed by atoms with Gasteiger partial charge in [0.05, 0.1) is 17.1 Å². The van der Waals surface area contributed by atoms with Crippen molar-refractivity contribution in [2.45, 2.75) is 24.5 Å². The van der Waals surface area contributed by atoms with Crippen molar-refractivity contribution in [1.29, 1.82) is 0 Å². The summed E-state index contributed by atoms with van der Waals surface area (Å²) in [5, 5.41) is 2.98. The maximum absolute atomic E-state index is 11.5. The lowest BCUT2D eigenvalue weighted by Crippen LogP contribution is -2.16. The van der Waals surface area contributed by atoms with Gasteiger partial charge in [-0.05, 0) is 31.2 Å². The molecule has 1 heterocycles. The maximum atomic E-state index is 11.5. The third kappa shape index (κ3) is 4.06. The van der Waals surface area contributed by atoms with Crippen molar-refractivity contribution >= 4 is 26.9 Å². The van der Waals surface area contributed by atoms with E-state index in [1.807, 2.05) is 24.3 Å². The Kier molecular flexibility index (Phi) is 5.20. The molecule has 0 fully saturated rings. The maximum Gasteiger partial charge on any atom is 0.175 e. The average molecular weight is 340 g/mol. The molecule has 7 heteroatoms. The Morgan fingerprint density at radius 2 is 1.95 bits per heavy atom. The minimum absolute atomic E-state index is 0.00176. The fraction of sp³-hybridized carbons (Fsp3) is 0.400. The summed E-state index contributed by atoms with van der Waals surface area (Å²) in [6.45, 7) is 2.63. The molecule has 22 heavy (non-hydrogen) atoms. The fourth-order valence-electron chi connectivity index (χ4n) is 1.96. The highest BCUT2D eigenvalue weighted by Crippen LogP contribution is 2.23. The number of hydrogen-bond donors (Lipinski definition) is 0. The van der Waals surface area contributed by atoms with Crippen molar-refractivity contribution in [2.75, 3.05) is 25.3 Å². The number of sulfone groups is 1. The molecule has 0 amide bonds. The van der Waals surface area contributed by atoms with Gasteiger partial charge in [0.2, 0.25) is 0 Å². The molecular weight excluding hydrogens is 320 g/mol. The first-order valence-electron chi connectivity index (χ1n) is 6.79. The van der Waals surface area contributed by atoms with Gasteiger partial charge >= 0.3 is 0 Å². The number of ether oxygens (including phenoxy) is 1. The second-order valence-corrected chi connectivity index (χ2v) is 8.08. The largest absolute Gasteiger partial charge is 0.375 e. The molecule has 1 aromatic carbocycles. The summed E-state index contributed by atoms with van der Waals surface area (Å²) in [5.41, 5.74) is 1.92. The highest BCUT2D eigenvalue weighted by atomic mass is 32.2. The van der Waals surface area contributed by atoms with Gasteiger partial charge in [-0.1, -0.05) is 0 Å². The summed E-state index contributed by atoms with van der Waals surface area (Å²) < 4.78 is 28.2. The van der Waals surface area contributed by atoms with Gasteiger partial charge in [0.25, 0.3) is 0 Å². The zero-order valence-corrected chi connectivity index (χ0v) is 14.7. The van der Waals surface area contributed by atoms with Crippen molar-refractivity contribution in [3.8, 4) is 0 Å². The Morgan fingerprint density at radius 3 is 2.50 bits per heavy atom. The van der Waals surface area contributed by atoms with E-state index in [0.29, 0.717) is 11.4 Å². The first-order chi connectivity index (χ1) is 10.3. The first kappa shape index (κ1) is 16.9.